The minimum absolute atomic E-state index is 0.0638. The van der Waals surface area contributed by atoms with Gasteiger partial charge in [-0.05, 0) is 55.7 Å². The summed E-state index contributed by atoms with van der Waals surface area (Å²) in [4.78, 5) is 24.4. The number of nitrogens with zero attached hydrogens (tertiary/aromatic N) is 1. The zero-order chi connectivity index (χ0) is 22.9. The predicted molar refractivity (Wildman–Crippen MR) is 115 cm³/mol. The molecule has 1 fully saturated rings. The van der Waals surface area contributed by atoms with Gasteiger partial charge in [-0.15, -0.1) is 0 Å². The summed E-state index contributed by atoms with van der Waals surface area (Å²) in [6, 6.07) is 10.3. The molecule has 2 aromatic carbocycles. The van der Waals surface area contributed by atoms with Crippen molar-refractivity contribution in [3.05, 3.63) is 53.8 Å². The van der Waals surface area contributed by atoms with Crippen LogP contribution in [0.1, 0.15) is 25.3 Å². The fraction of sp³-hybridized carbons (Fsp3) is 0.364. The van der Waals surface area contributed by atoms with Gasteiger partial charge in [0, 0.05) is 25.6 Å². The first-order valence-electron chi connectivity index (χ1n) is 10.4. The molecule has 2 aliphatic rings. The predicted octanol–water partition coefficient (Wildman–Crippen LogP) is 2.26. The van der Waals surface area contributed by atoms with Crippen LogP contribution in [0.5, 0.6) is 5.75 Å². The van der Waals surface area contributed by atoms with E-state index in [2.05, 4.69) is 10.6 Å². The molecule has 2 aliphatic heterocycles. The molecule has 0 radical (unpaired) electrons. The molecule has 2 aromatic rings. The molecular formula is C22H24FN3O5S. The Morgan fingerprint density at radius 2 is 1.88 bits per heavy atom. The van der Waals surface area contributed by atoms with E-state index < -0.39 is 16.1 Å². The molecule has 0 spiro atoms. The van der Waals surface area contributed by atoms with Crippen LogP contribution in [-0.2, 0) is 26.2 Å². The summed E-state index contributed by atoms with van der Waals surface area (Å²) >= 11 is 0. The average molecular weight is 462 g/mol. The van der Waals surface area contributed by atoms with Crippen molar-refractivity contribution in [2.75, 3.05) is 18.4 Å². The van der Waals surface area contributed by atoms with Crippen molar-refractivity contribution in [3.63, 3.8) is 0 Å². The summed E-state index contributed by atoms with van der Waals surface area (Å²) < 4.78 is 46.0. The van der Waals surface area contributed by atoms with Gasteiger partial charge in [0.15, 0.2) is 6.10 Å². The molecule has 2 heterocycles. The average Bonchev–Trinajstić information content (AvgIpc) is 2.79. The van der Waals surface area contributed by atoms with Crippen molar-refractivity contribution in [1.82, 2.24) is 9.62 Å². The first-order chi connectivity index (χ1) is 15.2. The number of nitrogens with one attached hydrogen (secondary N) is 2. The summed E-state index contributed by atoms with van der Waals surface area (Å²) in [7, 11) is -3.78. The fourth-order valence-electron chi connectivity index (χ4n) is 3.79. The highest BCUT2D eigenvalue weighted by Crippen LogP contribution is 2.33. The Morgan fingerprint density at radius 3 is 2.56 bits per heavy atom. The lowest BCUT2D eigenvalue weighted by atomic mass is 9.97. The number of sulfonamides is 1. The highest BCUT2D eigenvalue weighted by molar-refractivity contribution is 7.89. The molecule has 0 saturated carbocycles. The standard InChI is InChI=1S/C22H24FN3O5S/c1-14-21(27)25-19-12-18(6-7-20(19)31-14)32(29,30)26-10-8-16(9-11-26)22(28)24-13-15-2-4-17(23)5-3-15/h2-7,12,14,16H,8-11,13H2,1H3,(H,24,28)(H,25,27)/t14-/m1/s1. The van der Waals surface area contributed by atoms with Gasteiger partial charge >= 0.3 is 0 Å². The van der Waals surface area contributed by atoms with Crippen LogP contribution in [-0.4, -0.2) is 43.7 Å². The van der Waals surface area contributed by atoms with E-state index in [1.807, 2.05) is 0 Å². The minimum atomic E-state index is -3.78. The smallest absolute Gasteiger partial charge is 0.265 e. The molecule has 170 valence electrons. The first kappa shape index (κ1) is 22.2. The van der Waals surface area contributed by atoms with E-state index >= 15 is 0 Å². The Balaban J connectivity index is 1.36. The molecule has 0 unspecified atom stereocenters. The van der Waals surface area contributed by atoms with E-state index in [9.17, 15) is 22.4 Å². The molecule has 2 amide bonds. The summed E-state index contributed by atoms with van der Waals surface area (Å²) in [6.45, 7) is 2.34. The Labute approximate surface area is 185 Å². The highest BCUT2D eigenvalue weighted by atomic mass is 32.2. The zero-order valence-electron chi connectivity index (χ0n) is 17.5. The van der Waals surface area contributed by atoms with Crippen molar-refractivity contribution in [1.29, 1.82) is 0 Å². The molecule has 8 nitrogen and oxygen atoms in total. The van der Waals surface area contributed by atoms with Crippen molar-refractivity contribution in [2.24, 2.45) is 5.92 Å². The maximum Gasteiger partial charge on any atom is 0.265 e. The topological polar surface area (TPSA) is 105 Å². The Hall–Kier alpha value is -2.98. The second-order valence-corrected chi connectivity index (χ2v) is 9.87. The number of carbonyl (C=O) groups is 2. The van der Waals surface area contributed by atoms with Gasteiger partial charge in [-0.2, -0.15) is 4.31 Å². The largest absolute Gasteiger partial charge is 0.479 e. The number of halogens is 1. The lowest BCUT2D eigenvalue weighted by Crippen LogP contribution is -2.43. The van der Waals surface area contributed by atoms with Gasteiger partial charge in [-0.3, -0.25) is 9.59 Å². The first-order valence-corrected chi connectivity index (χ1v) is 11.8. The number of hydrogen-bond acceptors (Lipinski definition) is 5. The summed E-state index contributed by atoms with van der Waals surface area (Å²) in [6.07, 6.45) is 0.159. The monoisotopic (exact) mass is 461 g/mol. The molecular weight excluding hydrogens is 437 g/mol. The Kier molecular flexibility index (Phi) is 6.16. The van der Waals surface area contributed by atoms with Gasteiger partial charge in [0.2, 0.25) is 15.9 Å². The van der Waals surface area contributed by atoms with Gasteiger partial charge in [-0.1, -0.05) is 12.1 Å². The van der Waals surface area contributed by atoms with Gasteiger partial charge < -0.3 is 15.4 Å². The van der Waals surface area contributed by atoms with E-state index in [1.165, 1.54) is 34.6 Å². The number of anilines is 1. The maximum absolute atomic E-state index is 13.1. The number of rotatable bonds is 5. The fourth-order valence-corrected chi connectivity index (χ4v) is 5.29. The summed E-state index contributed by atoms with van der Waals surface area (Å²) in [5.41, 5.74) is 1.11. The van der Waals surface area contributed by atoms with Crippen LogP contribution >= 0.6 is 0 Å². The third-order valence-corrected chi connectivity index (χ3v) is 7.62. The maximum atomic E-state index is 13.1. The minimum Gasteiger partial charge on any atom is -0.479 e. The van der Waals surface area contributed by atoms with Gasteiger partial charge in [0.05, 0.1) is 10.6 Å². The van der Waals surface area contributed by atoms with Crippen LogP contribution in [0.4, 0.5) is 10.1 Å². The number of ether oxygens (including phenoxy) is 1. The van der Waals surface area contributed by atoms with Crippen LogP contribution < -0.4 is 15.4 Å². The number of piperidine rings is 1. The number of fused-ring (bicyclic) bond motifs is 1. The van der Waals surface area contributed by atoms with Crippen LogP contribution in [0.25, 0.3) is 0 Å². The van der Waals surface area contributed by atoms with Crippen molar-refractivity contribution < 1.29 is 27.1 Å². The van der Waals surface area contributed by atoms with E-state index in [0.717, 1.165) is 5.56 Å². The van der Waals surface area contributed by atoms with Gasteiger partial charge in [0.1, 0.15) is 11.6 Å². The third-order valence-electron chi connectivity index (χ3n) is 5.72. The van der Waals surface area contributed by atoms with Crippen molar-refractivity contribution in [2.45, 2.75) is 37.3 Å². The number of hydrogen-bond donors (Lipinski definition) is 2. The number of benzene rings is 2. The Bertz CT molecular complexity index is 1130. The number of amides is 2. The molecule has 1 atom stereocenters. The SMILES string of the molecule is C[C@H]1Oc2ccc(S(=O)(=O)N3CCC(C(=O)NCc4ccc(F)cc4)CC3)cc2NC1=O. The molecule has 0 bridgehead atoms. The van der Waals surface area contributed by atoms with Crippen LogP contribution in [0, 0.1) is 11.7 Å². The molecule has 32 heavy (non-hydrogen) atoms. The van der Waals surface area contributed by atoms with Crippen molar-refractivity contribution in [3.8, 4) is 5.75 Å². The quantitative estimate of drug-likeness (QED) is 0.711. The van der Waals surface area contributed by atoms with E-state index in [4.69, 9.17) is 4.74 Å². The van der Waals surface area contributed by atoms with Crippen LogP contribution in [0.15, 0.2) is 47.4 Å². The third kappa shape index (κ3) is 4.61. The van der Waals surface area contributed by atoms with Gasteiger partial charge in [-0.25, -0.2) is 12.8 Å². The highest BCUT2D eigenvalue weighted by Gasteiger charge is 2.33. The second-order valence-electron chi connectivity index (χ2n) is 7.93. The number of carbonyl (C=O) groups excluding carboxylic acids is 2. The van der Waals surface area contributed by atoms with E-state index in [0.29, 0.717) is 30.8 Å². The molecule has 4 rings (SSSR count). The molecule has 0 aromatic heterocycles. The molecule has 1 saturated heterocycles. The Morgan fingerprint density at radius 1 is 1.19 bits per heavy atom. The lowest BCUT2D eigenvalue weighted by molar-refractivity contribution is -0.126. The van der Waals surface area contributed by atoms with Crippen LogP contribution in [0.2, 0.25) is 0 Å². The second kappa shape index (κ2) is 8.87. The summed E-state index contributed by atoms with van der Waals surface area (Å²) in [5.74, 6) is -0.683. The van der Waals surface area contributed by atoms with E-state index in [1.54, 1.807) is 19.1 Å². The van der Waals surface area contributed by atoms with Crippen molar-refractivity contribution >= 4 is 27.5 Å². The van der Waals surface area contributed by atoms with E-state index in [-0.39, 0.29) is 41.5 Å². The summed E-state index contributed by atoms with van der Waals surface area (Å²) in [5, 5.41) is 5.49. The normalized spacial score (nSPS) is 19.6. The molecule has 2 N–H and O–H groups in total. The van der Waals surface area contributed by atoms with Gasteiger partial charge in [0.25, 0.3) is 5.91 Å². The zero-order valence-corrected chi connectivity index (χ0v) is 18.3. The molecule has 10 heteroatoms. The van der Waals surface area contributed by atoms with Crippen LogP contribution in [0.3, 0.4) is 0 Å². The lowest BCUT2D eigenvalue weighted by Gasteiger charge is -2.31. The molecule has 0 aliphatic carbocycles.